The lowest BCUT2D eigenvalue weighted by molar-refractivity contribution is -0.121. The average molecular weight is 282 g/mol. The number of primary amides is 1. The Kier molecular flexibility index (Phi) is 3.80. The molecule has 1 aromatic carbocycles. The first-order valence-corrected chi connectivity index (χ1v) is 7.96. The molecule has 1 atom stereocenters. The Bertz CT molecular complexity index is 566. The van der Waals surface area contributed by atoms with Gasteiger partial charge in [-0.1, -0.05) is 6.92 Å². The molecule has 104 valence electrons. The van der Waals surface area contributed by atoms with Crippen LogP contribution in [-0.4, -0.2) is 33.2 Å². The van der Waals surface area contributed by atoms with Crippen LogP contribution in [0.2, 0.25) is 0 Å². The Balaban J connectivity index is 2.14. The number of carbonyl (C=O) groups excluding carboxylic acids is 1. The quantitative estimate of drug-likeness (QED) is 0.885. The first-order chi connectivity index (χ1) is 8.94. The van der Waals surface area contributed by atoms with Crippen molar-refractivity contribution in [3.63, 3.8) is 0 Å². The van der Waals surface area contributed by atoms with E-state index in [1.54, 1.807) is 31.2 Å². The molecule has 0 bridgehead atoms. The lowest BCUT2D eigenvalue weighted by Crippen LogP contribution is -2.27. The van der Waals surface area contributed by atoms with Crippen molar-refractivity contribution in [3.05, 3.63) is 24.3 Å². The van der Waals surface area contributed by atoms with Crippen LogP contribution in [0.3, 0.4) is 0 Å². The number of nitrogens with zero attached hydrogens (tertiary/aromatic N) is 1. The topological polar surface area (TPSA) is 80.5 Å². The summed E-state index contributed by atoms with van der Waals surface area (Å²) in [5, 5.41) is 0. The summed E-state index contributed by atoms with van der Waals surface area (Å²) < 4.78 is 23.4. The largest absolute Gasteiger partial charge is 0.371 e. The maximum absolute atomic E-state index is 11.7. The molecular weight excluding hydrogens is 264 g/mol. The van der Waals surface area contributed by atoms with Crippen molar-refractivity contribution < 1.29 is 13.2 Å². The van der Waals surface area contributed by atoms with Crippen LogP contribution >= 0.6 is 0 Å². The molecule has 1 amide bonds. The van der Waals surface area contributed by atoms with E-state index in [0.717, 1.165) is 18.7 Å². The number of rotatable bonds is 4. The van der Waals surface area contributed by atoms with E-state index in [0.29, 0.717) is 11.4 Å². The maximum atomic E-state index is 11.7. The fourth-order valence-electron chi connectivity index (χ4n) is 2.26. The van der Waals surface area contributed by atoms with Crippen LogP contribution in [-0.2, 0) is 14.6 Å². The molecule has 1 aliphatic rings. The highest BCUT2D eigenvalue weighted by Gasteiger charge is 2.26. The molecule has 1 fully saturated rings. The number of amides is 1. The molecular formula is C13H18N2O3S. The average Bonchev–Trinajstić information content (AvgIpc) is 2.88. The highest BCUT2D eigenvalue weighted by Crippen LogP contribution is 2.25. The predicted octanol–water partition coefficient (Wildman–Crippen LogP) is 0.792. The van der Waals surface area contributed by atoms with Gasteiger partial charge in [-0.3, -0.25) is 4.79 Å². The van der Waals surface area contributed by atoms with E-state index < -0.39 is 9.84 Å². The lowest BCUT2D eigenvalue weighted by atomic mass is 10.1. The van der Waals surface area contributed by atoms with Crippen LogP contribution in [0.1, 0.15) is 13.3 Å². The maximum Gasteiger partial charge on any atom is 0.222 e. The molecule has 19 heavy (non-hydrogen) atoms. The van der Waals surface area contributed by atoms with Gasteiger partial charge in [0.15, 0.2) is 9.84 Å². The summed E-state index contributed by atoms with van der Waals surface area (Å²) in [5.41, 5.74) is 6.22. The smallest absolute Gasteiger partial charge is 0.222 e. The van der Waals surface area contributed by atoms with E-state index in [4.69, 9.17) is 5.73 Å². The molecule has 1 aliphatic heterocycles. The third-order valence-electron chi connectivity index (χ3n) is 3.53. The van der Waals surface area contributed by atoms with Gasteiger partial charge in [0.2, 0.25) is 5.91 Å². The van der Waals surface area contributed by atoms with Gasteiger partial charge < -0.3 is 10.6 Å². The van der Waals surface area contributed by atoms with E-state index >= 15 is 0 Å². The molecule has 5 nitrogen and oxygen atoms in total. The van der Waals surface area contributed by atoms with Gasteiger partial charge in [-0.15, -0.1) is 0 Å². The number of hydrogen-bond donors (Lipinski definition) is 1. The van der Waals surface area contributed by atoms with Crippen LogP contribution in [0.25, 0.3) is 0 Å². The fraction of sp³-hybridized carbons (Fsp3) is 0.462. The third-order valence-corrected chi connectivity index (χ3v) is 5.28. The molecule has 0 unspecified atom stereocenters. The van der Waals surface area contributed by atoms with Crippen molar-refractivity contribution in [1.82, 2.24) is 0 Å². The second-order valence-electron chi connectivity index (χ2n) is 4.73. The monoisotopic (exact) mass is 282 g/mol. The Morgan fingerprint density at radius 1 is 1.37 bits per heavy atom. The molecule has 0 saturated carbocycles. The number of benzene rings is 1. The van der Waals surface area contributed by atoms with Gasteiger partial charge in [-0.2, -0.15) is 0 Å². The molecule has 2 N–H and O–H groups in total. The first-order valence-electron chi connectivity index (χ1n) is 6.31. The van der Waals surface area contributed by atoms with Crippen molar-refractivity contribution in [2.45, 2.75) is 18.2 Å². The Hall–Kier alpha value is -1.56. The normalized spacial score (nSPS) is 19.6. The molecule has 0 radical (unpaired) electrons. The van der Waals surface area contributed by atoms with Crippen LogP contribution in [0.4, 0.5) is 5.69 Å². The molecule has 2 rings (SSSR count). The van der Waals surface area contributed by atoms with Crippen LogP contribution in [0.15, 0.2) is 29.2 Å². The van der Waals surface area contributed by atoms with Crippen molar-refractivity contribution in [2.24, 2.45) is 11.7 Å². The van der Waals surface area contributed by atoms with Gasteiger partial charge in [0.25, 0.3) is 0 Å². The zero-order chi connectivity index (χ0) is 14.0. The van der Waals surface area contributed by atoms with E-state index in [1.807, 2.05) is 0 Å². The van der Waals surface area contributed by atoms with E-state index in [9.17, 15) is 13.2 Å². The second kappa shape index (κ2) is 5.21. The third kappa shape index (κ3) is 2.89. The van der Waals surface area contributed by atoms with Crippen molar-refractivity contribution >= 4 is 21.4 Å². The standard InChI is InChI=1S/C13H18N2O3S/c1-2-19(17,18)12-5-3-11(4-6-12)15-8-7-10(9-15)13(14)16/h3-6,10H,2,7-9H2,1H3,(H2,14,16)/t10-/m1/s1. The summed E-state index contributed by atoms with van der Waals surface area (Å²) in [7, 11) is -3.16. The number of carbonyl (C=O) groups is 1. The van der Waals surface area contributed by atoms with Crippen molar-refractivity contribution in [1.29, 1.82) is 0 Å². The lowest BCUT2D eigenvalue weighted by Gasteiger charge is -2.18. The van der Waals surface area contributed by atoms with Gasteiger partial charge >= 0.3 is 0 Å². The van der Waals surface area contributed by atoms with Crippen LogP contribution < -0.4 is 10.6 Å². The summed E-state index contributed by atoms with van der Waals surface area (Å²) in [6.45, 7) is 3.00. The Morgan fingerprint density at radius 2 is 2.00 bits per heavy atom. The minimum Gasteiger partial charge on any atom is -0.371 e. The molecule has 0 aliphatic carbocycles. The number of anilines is 1. The molecule has 1 saturated heterocycles. The summed E-state index contributed by atoms with van der Waals surface area (Å²) in [5.74, 6) is -0.286. The number of nitrogens with two attached hydrogens (primary N) is 1. The van der Waals surface area contributed by atoms with Crippen LogP contribution in [0, 0.1) is 5.92 Å². The second-order valence-corrected chi connectivity index (χ2v) is 7.01. The highest BCUT2D eigenvalue weighted by molar-refractivity contribution is 7.91. The van der Waals surface area contributed by atoms with Crippen LogP contribution in [0.5, 0.6) is 0 Å². The summed E-state index contributed by atoms with van der Waals surface area (Å²) in [6, 6.07) is 6.80. The van der Waals surface area contributed by atoms with Gasteiger partial charge in [0.05, 0.1) is 16.6 Å². The van der Waals surface area contributed by atoms with E-state index in [1.165, 1.54) is 0 Å². The van der Waals surface area contributed by atoms with Gasteiger partial charge in [0.1, 0.15) is 0 Å². The Morgan fingerprint density at radius 3 is 2.47 bits per heavy atom. The fourth-order valence-corrected chi connectivity index (χ4v) is 3.14. The van der Waals surface area contributed by atoms with Crippen molar-refractivity contribution in [2.75, 3.05) is 23.7 Å². The molecule has 1 heterocycles. The van der Waals surface area contributed by atoms with Gasteiger partial charge in [0, 0.05) is 18.8 Å². The predicted molar refractivity (Wildman–Crippen MR) is 73.7 cm³/mol. The minimum absolute atomic E-state index is 0.0970. The van der Waals surface area contributed by atoms with E-state index in [2.05, 4.69) is 4.90 Å². The number of sulfone groups is 1. The zero-order valence-corrected chi connectivity index (χ0v) is 11.7. The first kappa shape index (κ1) is 13.9. The molecule has 6 heteroatoms. The summed E-state index contributed by atoms with van der Waals surface area (Å²) in [4.78, 5) is 13.5. The van der Waals surface area contributed by atoms with E-state index in [-0.39, 0.29) is 17.6 Å². The zero-order valence-electron chi connectivity index (χ0n) is 10.9. The summed E-state index contributed by atoms with van der Waals surface area (Å²) in [6.07, 6.45) is 0.754. The molecule has 1 aromatic rings. The minimum atomic E-state index is -3.16. The van der Waals surface area contributed by atoms with Crippen molar-refractivity contribution in [3.8, 4) is 0 Å². The molecule has 0 aromatic heterocycles. The Labute approximate surface area is 113 Å². The molecule has 0 spiro atoms. The SMILES string of the molecule is CCS(=O)(=O)c1ccc(N2CC[C@@H](C(N)=O)C2)cc1. The number of hydrogen-bond acceptors (Lipinski definition) is 4. The highest BCUT2D eigenvalue weighted by atomic mass is 32.2. The summed E-state index contributed by atoms with van der Waals surface area (Å²) >= 11 is 0. The van der Waals surface area contributed by atoms with Gasteiger partial charge in [-0.05, 0) is 30.7 Å². The van der Waals surface area contributed by atoms with Gasteiger partial charge in [-0.25, -0.2) is 8.42 Å².